The van der Waals surface area contributed by atoms with Crippen molar-refractivity contribution >= 4 is 10.0 Å². The van der Waals surface area contributed by atoms with Crippen molar-refractivity contribution in [3.63, 3.8) is 0 Å². The normalized spacial score (nSPS) is 33.7. The fraction of sp³-hybridized carbons (Fsp3) is 1.00. The molecule has 0 radical (unpaired) electrons. The van der Waals surface area contributed by atoms with Crippen molar-refractivity contribution in [2.24, 2.45) is 5.92 Å². The van der Waals surface area contributed by atoms with Crippen LogP contribution in [-0.2, 0) is 10.0 Å². The first-order valence-corrected chi connectivity index (χ1v) is 9.21. The van der Waals surface area contributed by atoms with Gasteiger partial charge >= 0.3 is 0 Å². The fourth-order valence-corrected chi connectivity index (χ4v) is 5.01. The van der Waals surface area contributed by atoms with E-state index >= 15 is 0 Å². The van der Waals surface area contributed by atoms with Crippen molar-refractivity contribution < 1.29 is 13.5 Å². The summed E-state index contributed by atoms with van der Waals surface area (Å²) in [7, 11) is -3.23. The molecule has 0 spiro atoms. The topological polar surface area (TPSA) is 66.4 Å². The quantitative estimate of drug-likeness (QED) is 0.815. The van der Waals surface area contributed by atoms with E-state index in [0.29, 0.717) is 5.92 Å². The van der Waals surface area contributed by atoms with Crippen molar-refractivity contribution in [2.75, 3.05) is 6.54 Å². The molecular weight excluding hydrogens is 262 g/mol. The van der Waals surface area contributed by atoms with Crippen LogP contribution in [0.15, 0.2) is 0 Å². The molecule has 0 atom stereocenters. The van der Waals surface area contributed by atoms with E-state index in [0.717, 1.165) is 57.8 Å². The summed E-state index contributed by atoms with van der Waals surface area (Å²) in [5.74, 6) is 0.701. The number of nitrogens with one attached hydrogen (secondary N) is 1. The summed E-state index contributed by atoms with van der Waals surface area (Å²) in [6.45, 7) is 2.38. The Labute approximate surface area is 117 Å². The van der Waals surface area contributed by atoms with Gasteiger partial charge in [0.15, 0.2) is 0 Å². The molecule has 4 nitrogen and oxygen atoms in total. The molecule has 5 heteroatoms. The van der Waals surface area contributed by atoms with Gasteiger partial charge in [-0.05, 0) is 44.4 Å². The standard InChI is InChI=1S/C14H27NO3S/c1-2-12-7-9-14(16,10-8-12)11-15-19(17,18)13-5-3-4-6-13/h12-13,15-16H,2-11H2,1H3. The van der Waals surface area contributed by atoms with E-state index in [1.54, 1.807) is 0 Å². The maximum atomic E-state index is 12.1. The summed E-state index contributed by atoms with van der Waals surface area (Å²) < 4.78 is 26.9. The Bertz CT molecular complexity index is 379. The van der Waals surface area contributed by atoms with Gasteiger partial charge in [0.25, 0.3) is 0 Å². The molecule has 2 rings (SSSR count). The van der Waals surface area contributed by atoms with Crippen LogP contribution in [0.2, 0.25) is 0 Å². The van der Waals surface area contributed by atoms with E-state index in [1.165, 1.54) is 0 Å². The largest absolute Gasteiger partial charge is 0.389 e. The maximum absolute atomic E-state index is 12.1. The zero-order chi connectivity index (χ0) is 13.9. The van der Waals surface area contributed by atoms with Crippen molar-refractivity contribution in [2.45, 2.75) is 75.6 Å². The van der Waals surface area contributed by atoms with Crippen LogP contribution in [0.25, 0.3) is 0 Å². The maximum Gasteiger partial charge on any atom is 0.214 e. The number of rotatable bonds is 5. The zero-order valence-electron chi connectivity index (χ0n) is 11.9. The molecule has 0 aromatic rings. The second-order valence-electron chi connectivity index (χ2n) is 6.35. The smallest absolute Gasteiger partial charge is 0.214 e. The van der Waals surface area contributed by atoms with Crippen molar-refractivity contribution in [1.82, 2.24) is 4.72 Å². The van der Waals surface area contributed by atoms with E-state index in [9.17, 15) is 13.5 Å². The summed E-state index contributed by atoms with van der Waals surface area (Å²) in [5.41, 5.74) is -0.822. The van der Waals surface area contributed by atoms with Gasteiger partial charge in [-0.1, -0.05) is 26.2 Å². The van der Waals surface area contributed by atoms with Crippen LogP contribution in [-0.4, -0.2) is 30.9 Å². The Morgan fingerprint density at radius 3 is 2.26 bits per heavy atom. The summed E-state index contributed by atoms with van der Waals surface area (Å²) in [4.78, 5) is 0. The van der Waals surface area contributed by atoms with Crippen molar-refractivity contribution in [3.05, 3.63) is 0 Å². The van der Waals surface area contributed by atoms with Crippen molar-refractivity contribution in [1.29, 1.82) is 0 Å². The van der Waals surface area contributed by atoms with Gasteiger partial charge in [-0.25, -0.2) is 13.1 Å². The molecule has 2 aliphatic carbocycles. The zero-order valence-corrected chi connectivity index (χ0v) is 12.7. The highest BCUT2D eigenvalue weighted by molar-refractivity contribution is 7.90. The summed E-state index contributed by atoms with van der Waals surface area (Å²) in [6.07, 6.45) is 8.18. The molecule has 112 valence electrons. The van der Waals surface area contributed by atoms with E-state index in [2.05, 4.69) is 11.6 Å². The molecule has 0 heterocycles. The number of sulfonamides is 1. The monoisotopic (exact) mass is 289 g/mol. The predicted octanol–water partition coefficient (Wildman–Crippen LogP) is 2.18. The Kier molecular flexibility index (Phi) is 4.90. The lowest BCUT2D eigenvalue weighted by molar-refractivity contribution is -0.00446. The second kappa shape index (κ2) is 6.10. The summed E-state index contributed by atoms with van der Waals surface area (Å²) in [6, 6.07) is 0. The molecule has 0 aromatic heterocycles. The molecule has 2 N–H and O–H groups in total. The minimum absolute atomic E-state index is 0.197. The highest BCUT2D eigenvalue weighted by Crippen LogP contribution is 2.33. The van der Waals surface area contributed by atoms with E-state index in [-0.39, 0.29) is 11.8 Å². The van der Waals surface area contributed by atoms with Crippen LogP contribution in [0, 0.1) is 5.92 Å². The van der Waals surface area contributed by atoms with Gasteiger partial charge in [0.1, 0.15) is 0 Å². The Hall–Kier alpha value is -0.130. The van der Waals surface area contributed by atoms with Gasteiger partial charge in [0, 0.05) is 6.54 Å². The van der Waals surface area contributed by atoms with Crippen molar-refractivity contribution in [3.8, 4) is 0 Å². The molecule has 0 bridgehead atoms. The number of hydrogen-bond acceptors (Lipinski definition) is 3. The van der Waals surface area contributed by atoms with Crippen LogP contribution in [0.4, 0.5) is 0 Å². The first kappa shape index (κ1) is 15.3. The summed E-state index contributed by atoms with van der Waals surface area (Å²) in [5, 5.41) is 10.2. The fourth-order valence-electron chi connectivity index (χ4n) is 3.35. The minimum Gasteiger partial charge on any atom is -0.389 e. The third-order valence-electron chi connectivity index (χ3n) is 4.96. The predicted molar refractivity (Wildman–Crippen MR) is 76.4 cm³/mol. The van der Waals surface area contributed by atoms with Crippen LogP contribution in [0.1, 0.15) is 64.7 Å². The summed E-state index contributed by atoms with van der Waals surface area (Å²) >= 11 is 0. The molecule has 2 aliphatic rings. The van der Waals surface area contributed by atoms with E-state index < -0.39 is 15.6 Å². The molecule has 0 aromatic carbocycles. The Morgan fingerprint density at radius 1 is 1.16 bits per heavy atom. The second-order valence-corrected chi connectivity index (χ2v) is 8.39. The molecule has 2 fully saturated rings. The van der Waals surface area contributed by atoms with E-state index in [1.807, 2.05) is 0 Å². The van der Waals surface area contributed by atoms with Crippen LogP contribution >= 0.6 is 0 Å². The van der Waals surface area contributed by atoms with Crippen LogP contribution < -0.4 is 4.72 Å². The first-order chi connectivity index (χ1) is 8.95. The van der Waals surface area contributed by atoms with E-state index in [4.69, 9.17) is 0 Å². The van der Waals surface area contributed by atoms with Gasteiger partial charge in [-0.2, -0.15) is 0 Å². The third-order valence-corrected chi connectivity index (χ3v) is 6.85. The molecule has 0 saturated heterocycles. The molecule has 0 aliphatic heterocycles. The average molecular weight is 289 g/mol. The molecule has 0 unspecified atom stereocenters. The lowest BCUT2D eigenvalue weighted by Gasteiger charge is -2.36. The van der Waals surface area contributed by atoms with Gasteiger partial charge in [-0.3, -0.25) is 0 Å². The number of hydrogen-bond donors (Lipinski definition) is 2. The highest BCUT2D eigenvalue weighted by atomic mass is 32.2. The molecule has 0 amide bonds. The minimum atomic E-state index is -3.23. The average Bonchev–Trinajstić information content (AvgIpc) is 2.93. The molecule has 2 saturated carbocycles. The highest BCUT2D eigenvalue weighted by Gasteiger charge is 2.35. The third kappa shape index (κ3) is 3.92. The van der Waals surface area contributed by atoms with Crippen LogP contribution in [0.3, 0.4) is 0 Å². The Morgan fingerprint density at radius 2 is 1.74 bits per heavy atom. The lowest BCUT2D eigenvalue weighted by atomic mass is 9.78. The number of aliphatic hydroxyl groups is 1. The molecule has 19 heavy (non-hydrogen) atoms. The van der Waals surface area contributed by atoms with Gasteiger partial charge < -0.3 is 5.11 Å². The SMILES string of the molecule is CCC1CCC(O)(CNS(=O)(=O)C2CCCC2)CC1. The van der Waals surface area contributed by atoms with Crippen LogP contribution in [0.5, 0.6) is 0 Å². The Balaban J connectivity index is 1.84. The van der Waals surface area contributed by atoms with Gasteiger partial charge in [0.05, 0.1) is 10.9 Å². The van der Waals surface area contributed by atoms with Gasteiger partial charge in [0.2, 0.25) is 10.0 Å². The molecular formula is C14H27NO3S. The first-order valence-electron chi connectivity index (χ1n) is 7.66. The van der Waals surface area contributed by atoms with Gasteiger partial charge in [-0.15, -0.1) is 0 Å². The lowest BCUT2D eigenvalue weighted by Crippen LogP contribution is -2.47.